The van der Waals surface area contributed by atoms with Crippen LogP contribution in [-0.4, -0.2) is 25.5 Å². The molecule has 1 unspecified atom stereocenters. The van der Waals surface area contributed by atoms with Crippen LogP contribution in [0.15, 0.2) is 23.1 Å². The molecule has 0 saturated heterocycles. The fourth-order valence-electron chi connectivity index (χ4n) is 2.06. The van der Waals surface area contributed by atoms with Gasteiger partial charge in [-0.3, -0.25) is 4.79 Å². The van der Waals surface area contributed by atoms with Crippen LogP contribution < -0.4 is 4.72 Å². The first-order chi connectivity index (χ1) is 9.83. The molecule has 1 aliphatic carbocycles. The summed E-state index contributed by atoms with van der Waals surface area (Å²) in [6.45, 7) is 0. The zero-order chi connectivity index (χ0) is 15.6. The van der Waals surface area contributed by atoms with Crippen molar-refractivity contribution in [3.8, 4) is 6.07 Å². The van der Waals surface area contributed by atoms with Crippen molar-refractivity contribution < 1.29 is 18.3 Å². The highest BCUT2D eigenvalue weighted by Gasteiger charge is 2.36. The highest BCUT2D eigenvalue weighted by atomic mass is 35.5. The van der Waals surface area contributed by atoms with Crippen molar-refractivity contribution >= 4 is 27.6 Å². The van der Waals surface area contributed by atoms with Crippen molar-refractivity contribution in [1.82, 2.24) is 4.72 Å². The molecule has 2 N–H and O–H groups in total. The summed E-state index contributed by atoms with van der Waals surface area (Å²) in [5, 5.41) is 18.0. The molecular formula is C13H13ClN2O4S. The standard InChI is InChI=1S/C13H13ClN2O4S/c14-10-4-3-9(7-15)12(5-10)21(19,20)16-11(6-13(17)18)8-1-2-8/h3-5,8,11,16H,1-2,6H2,(H,17,18). The second-order valence-corrected chi connectivity index (χ2v) is 7.03. The van der Waals surface area contributed by atoms with E-state index in [4.69, 9.17) is 22.0 Å². The Bertz CT molecular complexity index is 707. The average molecular weight is 329 g/mol. The molecule has 1 aliphatic rings. The first-order valence-corrected chi connectivity index (χ1v) is 8.13. The van der Waals surface area contributed by atoms with E-state index in [0.29, 0.717) is 0 Å². The smallest absolute Gasteiger partial charge is 0.304 e. The molecule has 0 radical (unpaired) electrons. The third-order valence-corrected chi connectivity index (χ3v) is 5.01. The van der Waals surface area contributed by atoms with Gasteiger partial charge in [-0.25, -0.2) is 13.1 Å². The number of hydrogen-bond acceptors (Lipinski definition) is 4. The third kappa shape index (κ3) is 3.94. The Hall–Kier alpha value is -1.62. The van der Waals surface area contributed by atoms with Crippen LogP contribution >= 0.6 is 11.6 Å². The SMILES string of the molecule is N#Cc1ccc(Cl)cc1S(=O)(=O)NC(CC(=O)O)C1CC1. The van der Waals surface area contributed by atoms with Crippen LogP contribution in [0.2, 0.25) is 5.02 Å². The third-order valence-electron chi connectivity index (χ3n) is 3.25. The van der Waals surface area contributed by atoms with Gasteiger partial charge in [-0.1, -0.05) is 11.6 Å². The quantitative estimate of drug-likeness (QED) is 0.827. The van der Waals surface area contributed by atoms with Crippen LogP contribution in [-0.2, 0) is 14.8 Å². The van der Waals surface area contributed by atoms with E-state index < -0.39 is 22.0 Å². The Morgan fingerprint density at radius 3 is 2.71 bits per heavy atom. The first-order valence-electron chi connectivity index (χ1n) is 6.27. The number of nitrogens with zero attached hydrogens (tertiary/aromatic N) is 1. The van der Waals surface area contributed by atoms with Gasteiger partial charge in [-0.2, -0.15) is 5.26 Å². The molecule has 1 fully saturated rings. The Morgan fingerprint density at radius 2 is 2.19 bits per heavy atom. The molecule has 1 atom stereocenters. The van der Waals surface area contributed by atoms with Crippen molar-refractivity contribution in [3.63, 3.8) is 0 Å². The molecule has 1 aromatic carbocycles. The molecule has 0 aromatic heterocycles. The number of carboxylic acid groups (broad SMARTS) is 1. The van der Waals surface area contributed by atoms with E-state index in [-0.39, 0.29) is 27.8 Å². The molecule has 8 heteroatoms. The van der Waals surface area contributed by atoms with Crippen molar-refractivity contribution in [2.45, 2.75) is 30.2 Å². The van der Waals surface area contributed by atoms with E-state index >= 15 is 0 Å². The lowest BCUT2D eigenvalue weighted by Crippen LogP contribution is -2.38. The van der Waals surface area contributed by atoms with Crippen LogP contribution in [0.4, 0.5) is 0 Å². The molecule has 0 aliphatic heterocycles. The molecule has 0 spiro atoms. The maximum atomic E-state index is 12.4. The molecule has 0 heterocycles. The monoisotopic (exact) mass is 328 g/mol. The lowest BCUT2D eigenvalue weighted by Gasteiger charge is -2.17. The molecule has 1 aromatic rings. The number of hydrogen-bond donors (Lipinski definition) is 2. The zero-order valence-electron chi connectivity index (χ0n) is 10.9. The highest BCUT2D eigenvalue weighted by Crippen LogP contribution is 2.35. The summed E-state index contributed by atoms with van der Waals surface area (Å²) < 4.78 is 27.1. The molecule has 2 rings (SSSR count). The van der Waals surface area contributed by atoms with E-state index in [9.17, 15) is 13.2 Å². The van der Waals surface area contributed by atoms with Gasteiger partial charge in [0.05, 0.1) is 12.0 Å². The number of nitrogens with one attached hydrogen (secondary N) is 1. The van der Waals surface area contributed by atoms with Gasteiger partial charge >= 0.3 is 5.97 Å². The number of rotatable bonds is 6. The van der Waals surface area contributed by atoms with Crippen molar-refractivity contribution in [2.24, 2.45) is 5.92 Å². The molecule has 21 heavy (non-hydrogen) atoms. The molecule has 6 nitrogen and oxygen atoms in total. The average Bonchev–Trinajstić information content (AvgIpc) is 3.21. The maximum Gasteiger partial charge on any atom is 0.304 e. The van der Waals surface area contributed by atoms with Crippen molar-refractivity contribution in [2.75, 3.05) is 0 Å². The zero-order valence-corrected chi connectivity index (χ0v) is 12.5. The summed E-state index contributed by atoms with van der Waals surface area (Å²) in [7, 11) is -4.00. The number of carbonyl (C=O) groups is 1. The fraction of sp³-hybridized carbons (Fsp3) is 0.385. The van der Waals surface area contributed by atoms with E-state index in [2.05, 4.69) is 4.72 Å². The predicted octanol–water partition coefficient (Wildman–Crippen LogP) is 1.74. The highest BCUT2D eigenvalue weighted by molar-refractivity contribution is 7.89. The van der Waals surface area contributed by atoms with Crippen LogP contribution in [0.25, 0.3) is 0 Å². The summed E-state index contributed by atoms with van der Waals surface area (Å²) in [5.74, 6) is -1.04. The van der Waals surface area contributed by atoms with Gasteiger partial charge in [-0.05, 0) is 37.0 Å². The molecule has 0 amide bonds. The van der Waals surface area contributed by atoms with Gasteiger partial charge in [-0.15, -0.1) is 0 Å². The number of carboxylic acids is 1. The Labute approximate surface area is 127 Å². The van der Waals surface area contributed by atoms with E-state index in [1.165, 1.54) is 18.2 Å². The lowest BCUT2D eigenvalue weighted by molar-refractivity contribution is -0.137. The summed E-state index contributed by atoms with van der Waals surface area (Å²) in [6.07, 6.45) is 1.30. The van der Waals surface area contributed by atoms with E-state index in [0.717, 1.165) is 12.8 Å². The summed E-state index contributed by atoms with van der Waals surface area (Å²) in [5.41, 5.74) is -0.0308. The van der Waals surface area contributed by atoms with Gasteiger partial charge in [0.15, 0.2) is 0 Å². The maximum absolute atomic E-state index is 12.4. The first kappa shape index (κ1) is 15.8. The number of benzene rings is 1. The van der Waals surface area contributed by atoms with E-state index in [1.54, 1.807) is 6.07 Å². The van der Waals surface area contributed by atoms with Gasteiger partial charge < -0.3 is 5.11 Å². The topological polar surface area (TPSA) is 107 Å². The minimum atomic E-state index is -4.00. The molecule has 1 saturated carbocycles. The summed E-state index contributed by atoms with van der Waals surface area (Å²) >= 11 is 5.78. The van der Waals surface area contributed by atoms with Crippen LogP contribution in [0, 0.1) is 17.2 Å². The van der Waals surface area contributed by atoms with Gasteiger partial charge in [0.2, 0.25) is 10.0 Å². The second-order valence-electron chi connectivity index (χ2n) is 4.92. The fourth-order valence-corrected chi connectivity index (χ4v) is 3.79. The largest absolute Gasteiger partial charge is 0.481 e. The number of sulfonamides is 1. The summed E-state index contributed by atoms with van der Waals surface area (Å²) in [6, 6.07) is 5.06. The van der Waals surface area contributed by atoms with Crippen LogP contribution in [0.3, 0.4) is 0 Å². The Balaban J connectivity index is 2.31. The van der Waals surface area contributed by atoms with Gasteiger partial charge in [0, 0.05) is 11.1 Å². The number of nitriles is 1. The minimum Gasteiger partial charge on any atom is -0.481 e. The van der Waals surface area contributed by atoms with Gasteiger partial charge in [0.1, 0.15) is 11.0 Å². The van der Waals surface area contributed by atoms with E-state index in [1.807, 2.05) is 0 Å². The molecule has 112 valence electrons. The Morgan fingerprint density at radius 1 is 1.52 bits per heavy atom. The van der Waals surface area contributed by atoms with Crippen LogP contribution in [0.1, 0.15) is 24.8 Å². The molecule has 0 bridgehead atoms. The predicted molar refractivity (Wildman–Crippen MR) is 75.3 cm³/mol. The van der Waals surface area contributed by atoms with Crippen molar-refractivity contribution in [3.05, 3.63) is 28.8 Å². The van der Waals surface area contributed by atoms with Crippen LogP contribution in [0.5, 0.6) is 0 Å². The normalized spacial score (nSPS) is 16.2. The lowest BCUT2D eigenvalue weighted by atomic mass is 10.1. The Kier molecular flexibility index (Phi) is 4.52. The second kappa shape index (κ2) is 6.02. The minimum absolute atomic E-state index is 0.0283. The number of halogens is 1. The van der Waals surface area contributed by atoms with Crippen molar-refractivity contribution in [1.29, 1.82) is 5.26 Å². The van der Waals surface area contributed by atoms with Gasteiger partial charge in [0.25, 0.3) is 0 Å². The molecular weight excluding hydrogens is 316 g/mol. The summed E-state index contributed by atoms with van der Waals surface area (Å²) in [4.78, 5) is 10.6. The number of aliphatic carboxylic acids is 1.